The summed E-state index contributed by atoms with van der Waals surface area (Å²) in [6, 6.07) is 0. The number of hydrogen-bond donors (Lipinski definition) is 0. The first-order valence-corrected chi connectivity index (χ1v) is 7.61. The molecule has 2 rings (SSSR count). The first-order valence-electron chi connectivity index (χ1n) is 7.61. The molecule has 6 atom stereocenters. The third-order valence-corrected chi connectivity index (χ3v) is 4.98. The van der Waals surface area contributed by atoms with E-state index in [1.165, 1.54) is 12.8 Å². The van der Waals surface area contributed by atoms with Crippen LogP contribution in [0.25, 0.3) is 0 Å². The largest absolute Gasteiger partial charge is 0.0880 e. The van der Waals surface area contributed by atoms with Gasteiger partial charge in [0.2, 0.25) is 0 Å². The number of rotatable bonds is 2. The Balaban J connectivity index is 2.05. The fourth-order valence-corrected chi connectivity index (χ4v) is 3.61. The summed E-state index contributed by atoms with van der Waals surface area (Å²) in [5.74, 6) is 4.47. The Hall–Kier alpha value is -0.780. The van der Waals surface area contributed by atoms with Crippen molar-refractivity contribution in [3.05, 3.63) is 36.5 Å². The van der Waals surface area contributed by atoms with Crippen molar-refractivity contribution in [1.82, 2.24) is 0 Å². The summed E-state index contributed by atoms with van der Waals surface area (Å²) in [5.41, 5.74) is 0. The van der Waals surface area contributed by atoms with Gasteiger partial charge in [0.25, 0.3) is 0 Å². The van der Waals surface area contributed by atoms with Crippen LogP contribution < -0.4 is 0 Å². The lowest BCUT2D eigenvalue weighted by molar-refractivity contribution is 0.322. The summed E-state index contributed by atoms with van der Waals surface area (Å²) < 4.78 is 0. The van der Waals surface area contributed by atoms with E-state index in [0.29, 0.717) is 11.8 Å². The average Bonchev–Trinajstić information content (AvgIpc) is 2.31. The molecule has 0 aliphatic heterocycles. The maximum absolute atomic E-state index is 2.52. The Morgan fingerprint density at radius 2 is 1.11 bits per heavy atom. The molecule has 0 saturated heterocycles. The number of allylic oxidation sites excluding steroid dienone is 6. The molecule has 0 nitrogen and oxygen atoms in total. The van der Waals surface area contributed by atoms with Crippen LogP contribution in [-0.2, 0) is 0 Å². The van der Waals surface area contributed by atoms with Crippen molar-refractivity contribution in [2.24, 2.45) is 35.5 Å². The van der Waals surface area contributed by atoms with E-state index in [1.54, 1.807) is 0 Å². The molecule has 2 aliphatic carbocycles. The van der Waals surface area contributed by atoms with Crippen molar-refractivity contribution in [1.29, 1.82) is 0 Å². The lowest BCUT2D eigenvalue weighted by Crippen LogP contribution is -2.22. The van der Waals surface area contributed by atoms with Crippen LogP contribution >= 0.6 is 0 Å². The van der Waals surface area contributed by atoms with Crippen LogP contribution in [0.2, 0.25) is 0 Å². The van der Waals surface area contributed by atoms with E-state index in [-0.39, 0.29) is 0 Å². The van der Waals surface area contributed by atoms with Crippen molar-refractivity contribution < 1.29 is 0 Å². The minimum Gasteiger partial charge on any atom is -0.0880 e. The molecule has 18 heavy (non-hydrogen) atoms. The highest BCUT2D eigenvalue weighted by Gasteiger charge is 2.25. The molecule has 2 aliphatic rings. The van der Waals surface area contributed by atoms with Crippen LogP contribution in [0.15, 0.2) is 36.5 Å². The van der Waals surface area contributed by atoms with Gasteiger partial charge in [-0.15, -0.1) is 0 Å². The summed E-state index contributed by atoms with van der Waals surface area (Å²) in [7, 11) is 0. The Morgan fingerprint density at radius 1 is 0.722 bits per heavy atom. The van der Waals surface area contributed by atoms with E-state index < -0.39 is 0 Å². The van der Waals surface area contributed by atoms with Gasteiger partial charge in [-0.2, -0.15) is 0 Å². The highest BCUT2D eigenvalue weighted by atomic mass is 14.3. The van der Waals surface area contributed by atoms with Crippen LogP contribution in [0.5, 0.6) is 0 Å². The van der Waals surface area contributed by atoms with Crippen LogP contribution in [0.3, 0.4) is 0 Å². The SMILES string of the molecule is CC1C=CCC(C)C1C=CC1C(C)C=CCC1C. The highest BCUT2D eigenvalue weighted by molar-refractivity contribution is 5.10. The molecular weight excluding hydrogens is 216 g/mol. The minimum absolute atomic E-state index is 0.703. The molecule has 0 amide bonds. The fraction of sp³-hybridized carbons (Fsp3) is 0.667. The van der Waals surface area contributed by atoms with Gasteiger partial charge >= 0.3 is 0 Å². The molecule has 6 unspecified atom stereocenters. The van der Waals surface area contributed by atoms with E-state index in [4.69, 9.17) is 0 Å². The maximum atomic E-state index is 2.52. The zero-order valence-electron chi connectivity index (χ0n) is 12.3. The molecule has 0 aromatic rings. The first-order chi connectivity index (χ1) is 8.59. The van der Waals surface area contributed by atoms with Gasteiger partial charge in [0.1, 0.15) is 0 Å². The zero-order chi connectivity index (χ0) is 13.1. The van der Waals surface area contributed by atoms with E-state index in [9.17, 15) is 0 Å². The monoisotopic (exact) mass is 244 g/mol. The summed E-state index contributed by atoms with van der Waals surface area (Å²) in [6.45, 7) is 9.49. The molecule has 0 saturated carbocycles. The molecule has 0 spiro atoms. The Kier molecular flexibility index (Phi) is 4.48. The summed E-state index contributed by atoms with van der Waals surface area (Å²) >= 11 is 0. The third kappa shape index (κ3) is 2.96. The lowest BCUT2D eigenvalue weighted by atomic mass is 9.74. The van der Waals surface area contributed by atoms with E-state index >= 15 is 0 Å². The zero-order valence-corrected chi connectivity index (χ0v) is 12.3. The summed E-state index contributed by atoms with van der Waals surface area (Å²) in [5, 5.41) is 0. The topological polar surface area (TPSA) is 0 Å². The quantitative estimate of drug-likeness (QED) is 0.583. The molecule has 0 heteroatoms. The van der Waals surface area contributed by atoms with Crippen LogP contribution in [0.4, 0.5) is 0 Å². The van der Waals surface area contributed by atoms with Gasteiger partial charge in [-0.05, 0) is 48.3 Å². The average molecular weight is 244 g/mol. The smallest absolute Gasteiger partial charge is 0.0144 e. The minimum atomic E-state index is 0.703. The van der Waals surface area contributed by atoms with Crippen LogP contribution in [-0.4, -0.2) is 0 Å². The van der Waals surface area contributed by atoms with Gasteiger partial charge in [-0.3, -0.25) is 0 Å². The summed E-state index contributed by atoms with van der Waals surface area (Å²) in [6.07, 6.45) is 17.0. The molecule has 0 radical (unpaired) electrons. The van der Waals surface area contributed by atoms with Gasteiger partial charge < -0.3 is 0 Å². The molecule has 0 N–H and O–H groups in total. The van der Waals surface area contributed by atoms with Crippen LogP contribution in [0, 0.1) is 35.5 Å². The van der Waals surface area contributed by atoms with Gasteiger partial charge in [0, 0.05) is 0 Å². The second-order valence-corrected chi connectivity index (χ2v) is 6.54. The third-order valence-electron chi connectivity index (χ3n) is 4.98. The standard InChI is InChI=1S/C18H28/c1-13-7-5-8-14(2)17(13)11-12-18-15(3)9-6-10-16(18)4/h5-7,9,11-18H,8,10H2,1-4H3. The highest BCUT2D eigenvalue weighted by Crippen LogP contribution is 2.34. The van der Waals surface area contributed by atoms with Gasteiger partial charge in [-0.1, -0.05) is 64.2 Å². The fourth-order valence-electron chi connectivity index (χ4n) is 3.61. The maximum Gasteiger partial charge on any atom is -0.0144 e. The Labute approximate surface area is 113 Å². The van der Waals surface area contributed by atoms with Crippen molar-refractivity contribution >= 4 is 0 Å². The van der Waals surface area contributed by atoms with Crippen LogP contribution in [0.1, 0.15) is 40.5 Å². The normalized spacial score (nSPS) is 44.7. The predicted molar refractivity (Wildman–Crippen MR) is 80.3 cm³/mol. The molecule has 0 heterocycles. The van der Waals surface area contributed by atoms with Crippen molar-refractivity contribution in [2.45, 2.75) is 40.5 Å². The molecule has 0 fully saturated rings. The van der Waals surface area contributed by atoms with Crippen molar-refractivity contribution in [3.8, 4) is 0 Å². The van der Waals surface area contributed by atoms with Gasteiger partial charge in [0.15, 0.2) is 0 Å². The second kappa shape index (κ2) is 5.91. The summed E-state index contributed by atoms with van der Waals surface area (Å²) in [4.78, 5) is 0. The van der Waals surface area contributed by atoms with E-state index in [1.807, 2.05) is 0 Å². The Bertz CT molecular complexity index is 313. The second-order valence-electron chi connectivity index (χ2n) is 6.54. The molecular formula is C18H28. The Morgan fingerprint density at radius 3 is 1.44 bits per heavy atom. The number of hydrogen-bond acceptors (Lipinski definition) is 0. The lowest BCUT2D eigenvalue weighted by Gasteiger charge is -2.31. The van der Waals surface area contributed by atoms with Crippen molar-refractivity contribution in [3.63, 3.8) is 0 Å². The van der Waals surface area contributed by atoms with E-state index in [0.717, 1.165) is 23.7 Å². The molecule has 0 bridgehead atoms. The first kappa shape index (κ1) is 13.6. The molecule has 0 aromatic carbocycles. The van der Waals surface area contributed by atoms with Gasteiger partial charge in [-0.25, -0.2) is 0 Å². The van der Waals surface area contributed by atoms with E-state index in [2.05, 4.69) is 64.2 Å². The molecule has 0 aromatic heterocycles. The predicted octanol–water partition coefficient (Wildman–Crippen LogP) is 5.24. The van der Waals surface area contributed by atoms with Crippen molar-refractivity contribution in [2.75, 3.05) is 0 Å². The molecule has 100 valence electrons. The van der Waals surface area contributed by atoms with Gasteiger partial charge in [0.05, 0.1) is 0 Å².